The molecule has 118 valence electrons. The Bertz CT molecular complexity index is 599. The molecule has 0 aliphatic rings. The van der Waals surface area contributed by atoms with E-state index in [1.807, 2.05) is 25.1 Å². The molecule has 0 aliphatic carbocycles. The van der Waals surface area contributed by atoms with Gasteiger partial charge in [0.05, 0.1) is 6.61 Å². The second kappa shape index (κ2) is 7.64. The van der Waals surface area contributed by atoms with Gasteiger partial charge in [0, 0.05) is 13.0 Å². The van der Waals surface area contributed by atoms with E-state index in [0.29, 0.717) is 36.5 Å². The lowest BCUT2D eigenvalue weighted by atomic mass is 10.2. The van der Waals surface area contributed by atoms with Crippen LogP contribution in [0.5, 0.6) is 5.88 Å². The first kappa shape index (κ1) is 16.1. The summed E-state index contributed by atoms with van der Waals surface area (Å²) in [6, 6.07) is 10.1. The molecule has 22 heavy (non-hydrogen) atoms. The molecule has 0 aliphatic heterocycles. The molecule has 0 bridgehead atoms. The molecule has 2 aromatic rings. The van der Waals surface area contributed by atoms with Gasteiger partial charge in [-0.15, -0.1) is 0 Å². The molecular weight excluding hydrogens is 276 g/mol. The Morgan fingerprint density at radius 2 is 1.91 bits per heavy atom. The second-order valence-corrected chi connectivity index (χ2v) is 5.60. The molecule has 1 aromatic heterocycles. The minimum absolute atomic E-state index is 0.417. The minimum atomic E-state index is 0.417. The first-order chi connectivity index (χ1) is 10.6. The maximum absolute atomic E-state index is 6.14. The number of aryl methyl sites for hydroxylation is 1. The minimum Gasteiger partial charge on any atom is -0.476 e. The molecule has 0 spiro atoms. The number of hydrogen-bond donors (Lipinski definition) is 2. The van der Waals surface area contributed by atoms with Gasteiger partial charge in [-0.25, -0.2) is 4.98 Å². The zero-order chi connectivity index (χ0) is 15.9. The third-order valence-electron chi connectivity index (χ3n) is 3.13. The average molecular weight is 300 g/mol. The number of nitrogen functional groups attached to an aromatic ring is 1. The lowest BCUT2D eigenvalue weighted by Gasteiger charge is -2.15. The molecule has 0 unspecified atom stereocenters. The van der Waals surface area contributed by atoms with Gasteiger partial charge in [-0.2, -0.15) is 4.98 Å². The summed E-state index contributed by atoms with van der Waals surface area (Å²) in [4.78, 5) is 8.85. The molecule has 5 heteroatoms. The normalized spacial score (nSPS) is 10.7. The number of ether oxygens (including phenoxy) is 1. The molecule has 0 saturated carbocycles. The number of anilines is 2. The van der Waals surface area contributed by atoms with E-state index in [1.165, 1.54) is 5.56 Å². The molecule has 0 atom stereocenters. The van der Waals surface area contributed by atoms with E-state index in [2.05, 4.69) is 41.3 Å². The van der Waals surface area contributed by atoms with Crippen molar-refractivity contribution >= 4 is 11.5 Å². The highest BCUT2D eigenvalue weighted by Gasteiger charge is 2.13. The van der Waals surface area contributed by atoms with Crippen molar-refractivity contribution in [3.8, 4) is 5.88 Å². The van der Waals surface area contributed by atoms with Crippen molar-refractivity contribution in [3.05, 3.63) is 41.7 Å². The molecule has 5 nitrogen and oxygen atoms in total. The van der Waals surface area contributed by atoms with E-state index in [4.69, 9.17) is 10.5 Å². The van der Waals surface area contributed by atoms with Crippen LogP contribution in [-0.2, 0) is 13.0 Å². The highest BCUT2D eigenvalue weighted by Crippen LogP contribution is 2.27. The third-order valence-corrected chi connectivity index (χ3v) is 3.13. The first-order valence-electron chi connectivity index (χ1n) is 7.67. The van der Waals surface area contributed by atoms with Gasteiger partial charge >= 0.3 is 0 Å². The monoisotopic (exact) mass is 300 g/mol. The number of nitrogens with one attached hydrogen (secondary N) is 1. The van der Waals surface area contributed by atoms with E-state index in [0.717, 1.165) is 12.2 Å². The van der Waals surface area contributed by atoms with Gasteiger partial charge in [0.2, 0.25) is 5.88 Å². The fourth-order valence-corrected chi connectivity index (χ4v) is 1.92. The van der Waals surface area contributed by atoms with Crippen molar-refractivity contribution < 1.29 is 4.74 Å². The van der Waals surface area contributed by atoms with Crippen LogP contribution in [0.2, 0.25) is 0 Å². The molecule has 0 amide bonds. The lowest BCUT2D eigenvalue weighted by molar-refractivity contribution is 0.262. The Morgan fingerprint density at radius 1 is 1.18 bits per heavy atom. The largest absolute Gasteiger partial charge is 0.476 e. The Hall–Kier alpha value is -2.30. The summed E-state index contributed by atoms with van der Waals surface area (Å²) in [5.41, 5.74) is 7.78. The van der Waals surface area contributed by atoms with Crippen molar-refractivity contribution in [3.63, 3.8) is 0 Å². The van der Waals surface area contributed by atoms with E-state index in [-0.39, 0.29) is 0 Å². The van der Waals surface area contributed by atoms with E-state index < -0.39 is 0 Å². The predicted octanol–water partition coefficient (Wildman–Crippen LogP) is 3.27. The van der Waals surface area contributed by atoms with Crippen LogP contribution in [0.3, 0.4) is 0 Å². The van der Waals surface area contributed by atoms with Gasteiger partial charge in [-0.05, 0) is 11.5 Å². The van der Waals surface area contributed by atoms with Gasteiger partial charge in [-0.1, -0.05) is 51.1 Å². The van der Waals surface area contributed by atoms with Gasteiger partial charge in [0.1, 0.15) is 11.5 Å². The zero-order valence-corrected chi connectivity index (χ0v) is 13.5. The molecule has 0 fully saturated rings. The second-order valence-electron chi connectivity index (χ2n) is 5.60. The smallest absolute Gasteiger partial charge is 0.242 e. The summed E-state index contributed by atoms with van der Waals surface area (Å²) in [7, 11) is 0. The van der Waals surface area contributed by atoms with Crippen LogP contribution in [0.25, 0.3) is 0 Å². The Kier molecular flexibility index (Phi) is 5.58. The number of rotatable bonds is 7. The van der Waals surface area contributed by atoms with Gasteiger partial charge in [0.25, 0.3) is 0 Å². The number of benzene rings is 1. The van der Waals surface area contributed by atoms with E-state index in [1.54, 1.807) is 0 Å². The zero-order valence-electron chi connectivity index (χ0n) is 13.5. The molecule has 1 aromatic carbocycles. The molecule has 1 heterocycles. The Balaban J connectivity index is 2.16. The lowest BCUT2D eigenvalue weighted by Crippen LogP contribution is -2.13. The topological polar surface area (TPSA) is 73.1 Å². The Morgan fingerprint density at radius 3 is 2.55 bits per heavy atom. The van der Waals surface area contributed by atoms with Crippen LogP contribution in [0, 0.1) is 5.92 Å². The highest BCUT2D eigenvalue weighted by molar-refractivity contribution is 5.67. The Labute approximate surface area is 131 Å². The van der Waals surface area contributed by atoms with Gasteiger partial charge in [-0.3, -0.25) is 0 Å². The number of aromatic nitrogens is 2. The summed E-state index contributed by atoms with van der Waals surface area (Å²) in [6.45, 7) is 7.44. The summed E-state index contributed by atoms with van der Waals surface area (Å²) >= 11 is 0. The van der Waals surface area contributed by atoms with Crippen LogP contribution in [-0.4, -0.2) is 16.6 Å². The van der Waals surface area contributed by atoms with Crippen molar-refractivity contribution in [2.24, 2.45) is 5.92 Å². The van der Waals surface area contributed by atoms with Crippen LogP contribution < -0.4 is 15.8 Å². The fourth-order valence-electron chi connectivity index (χ4n) is 1.92. The van der Waals surface area contributed by atoms with E-state index >= 15 is 0 Å². The van der Waals surface area contributed by atoms with Crippen LogP contribution >= 0.6 is 0 Å². The number of nitrogens with zero attached hydrogens (tertiary/aromatic N) is 2. The first-order valence-corrected chi connectivity index (χ1v) is 7.67. The highest BCUT2D eigenvalue weighted by atomic mass is 16.5. The molecule has 0 saturated heterocycles. The standard InChI is InChI=1S/C17H24N4O/c1-4-14-20-16(19-10-13-8-6-5-7-9-13)15(18)17(21-14)22-11-12(2)3/h5-9,12H,4,10-11,18H2,1-3H3,(H,19,20,21). The van der Waals surface area contributed by atoms with Crippen molar-refractivity contribution in [1.29, 1.82) is 0 Å². The van der Waals surface area contributed by atoms with Crippen molar-refractivity contribution in [2.45, 2.75) is 33.7 Å². The van der Waals surface area contributed by atoms with Crippen molar-refractivity contribution in [2.75, 3.05) is 17.7 Å². The SMILES string of the molecule is CCc1nc(NCc2ccccc2)c(N)c(OCC(C)C)n1. The molecule has 2 rings (SSSR count). The number of nitrogens with two attached hydrogens (primary N) is 1. The van der Waals surface area contributed by atoms with Gasteiger partial charge in [0.15, 0.2) is 5.82 Å². The summed E-state index contributed by atoms with van der Waals surface area (Å²) in [5.74, 6) is 2.24. The van der Waals surface area contributed by atoms with Gasteiger partial charge < -0.3 is 15.8 Å². The molecule has 3 N–H and O–H groups in total. The average Bonchev–Trinajstić information content (AvgIpc) is 2.53. The van der Waals surface area contributed by atoms with Crippen LogP contribution in [0.1, 0.15) is 32.2 Å². The number of hydrogen-bond acceptors (Lipinski definition) is 5. The van der Waals surface area contributed by atoms with Crippen LogP contribution in [0.4, 0.5) is 11.5 Å². The maximum Gasteiger partial charge on any atom is 0.242 e. The van der Waals surface area contributed by atoms with Crippen molar-refractivity contribution in [1.82, 2.24) is 9.97 Å². The summed E-state index contributed by atoms with van der Waals surface area (Å²) in [6.07, 6.45) is 0.734. The quantitative estimate of drug-likeness (QED) is 0.821. The maximum atomic E-state index is 6.14. The predicted molar refractivity (Wildman–Crippen MR) is 89.9 cm³/mol. The summed E-state index contributed by atoms with van der Waals surface area (Å²) in [5, 5.41) is 3.28. The molecular formula is C17H24N4O. The van der Waals surface area contributed by atoms with E-state index in [9.17, 15) is 0 Å². The van der Waals surface area contributed by atoms with Crippen LogP contribution in [0.15, 0.2) is 30.3 Å². The fraction of sp³-hybridized carbons (Fsp3) is 0.412. The summed E-state index contributed by atoms with van der Waals surface area (Å²) < 4.78 is 5.72. The third kappa shape index (κ3) is 4.35. The molecule has 0 radical (unpaired) electrons.